The SMILES string of the molecule is CCCCCC[N]N. The van der Waals surface area contributed by atoms with Gasteiger partial charge in [0.05, 0.1) is 0 Å². The first-order chi connectivity index (χ1) is 3.91. The Morgan fingerprint density at radius 1 is 1.25 bits per heavy atom. The third-order valence-corrected chi connectivity index (χ3v) is 1.14. The smallest absolute Gasteiger partial charge is 0.0301 e. The minimum Gasteiger partial charge on any atom is -0.254 e. The number of rotatable bonds is 5. The van der Waals surface area contributed by atoms with E-state index in [1.165, 1.54) is 19.3 Å². The molecule has 0 aromatic rings. The van der Waals surface area contributed by atoms with Crippen LogP contribution in [0.5, 0.6) is 0 Å². The highest BCUT2D eigenvalue weighted by Crippen LogP contribution is 1.96. The lowest BCUT2D eigenvalue weighted by molar-refractivity contribution is 0.606. The zero-order valence-corrected chi connectivity index (χ0v) is 5.56. The van der Waals surface area contributed by atoms with Crippen LogP contribution < -0.4 is 11.3 Å². The van der Waals surface area contributed by atoms with Crippen molar-refractivity contribution in [1.82, 2.24) is 5.43 Å². The zero-order valence-electron chi connectivity index (χ0n) is 5.56. The second-order valence-corrected chi connectivity index (χ2v) is 1.97. The van der Waals surface area contributed by atoms with Gasteiger partial charge in [-0.25, -0.2) is 0 Å². The van der Waals surface area contributed by atoms with Crippen molar-refractivity contribution in [1.29, 1.82) is 0 Å². The largest absolute Gasteiger partial charge is 0.254 e. The van der Waals surface area contributed by atoms with Crippen molar-refractivity contribution >= 4 is 0 Å². The van der Waals surface area contributed by atoms with Crippen molar-refractivity contribution in [2.45, 2.75) is 32.6 Å². The Balaban J connectivity index is 2.53. The maximum atomic E-state index is 4.94. The van der Waals surface area contributed by atoms with Gasteiger partial charge in [0.15, 0.2) is 0 Å². The second kappa shape index (κ2) is 6.92. The van der Waals surface area contributed by atoms with E-state index >= 15 is 0 Å². The molecule has 0 atom stereocenters. The predicted molar refractivity (Wildman–Crippen MR) is 35.3 cm³/mol. The normalized spacial score (nSPS) is 9.75. The first-order valence-corrected chi connectivity index (χ1v) is 3.28. The van der Waals surface area contributed by atoms with Gasteiger partial charge in [-0.3, -0.25) is 5.84 Å². The molecule has 2 heteroatoms. The summed E-state index contributed by atoms with van der Waals surface area (Å²) in [6.45, 7) is 3.03. The number of hydrogen-bond acceptors (Lipinski definition) is 1. The van der Waals surface area contributed by atoms with Crippen molar-refractivity contribution in [2.24, 2.45) is 5.84 Å². The summed E-state index contributed by atoms with van der Waals surface area (Å²) in [5, 5.41) is 0. The molecule has 0 unspecified atom stereocenters. The van der Waals surface area contributed by atoms with Crippen molar-refractivity contribution in [2.75, 3.05) is 6.54 Å². The highest BCUT2D eigenvalue weighted by atomic mass is 15.2. The van der Waals surface area contributed by atoms with Crippen molar-refractivity contribution in [3.05, 3.63) is 0 Å². The summed E-state index contributed by atoms with van der Waals surface area (Å²) in [6.07, 6.45) is 5.03. The minimum atomic E-state index is 0.833. The van der Waals surface area contributed by atoms with Crippen LogP contribution in [0.2, 0.25) is 0 Å². The van der Waals surface area contributed by atoms with Gasteiger partial charge in [-0.2, -0.15) is 5.43 Å². The lowest BCUT2D eigenvalue weighted by Crippen LogP contribution is -2.13. The Morgan fingerprint density at radius 3 is 2.50 bits per heavy atom. The van der Waals surface area contributed by atoms with Crippen LogP contribution in [0.1, 0.15) is 32.6 Å². The van der Waals surface area contributed by atoms with Crippen molar-refractivity contribution < 1.29 is 0 Å². The molecular formula is C6H15N2. The lowest BCUT2D eigenvalue weighted by Gasteiger charge is -1.93. The number of nitrogens with two attached hydrogens (primary N) is 1. The molecule has 2 N–H and O–H groups in total. The molecule has 0 aromatic carbocycles. The van der Waals surface area contributed by atoms with Crippen LogP contribution in [0.25, 0.3) is 0 Å². The average molecular weight is 115 g/mol. The summed E-state index contributed by atoms with van der Waals surface area (Å²) in [6, 6.07) is 0. The van der Waals surface area contributed by atoms with Gasteiger partial charge in [-0.05, 0) is 6.42 Å². The Hall–Kier alpha value is -0.0800. The molecule has 0 rings (SSSR count). The van der Waals surface area contributed by atoms with Crippen LogP contribution in [0.15, 0.2) is 0 Å². The van der Waals surface area contributed by atoms with Gasteiger partial charge in [0, 0.05) is 6.54 Å². The van der Waals surface area contributed by atoms with Gasteiger partial charge in [-0.15, -0.1) is 0 Å². The molecule has 0 aliphatic heterocycles. The van der Waals surface area contributed by atoms with E-state index in [2.05, 4.69) is 12.3 Å². The van der Waals surface area contributed by atoms with Gasteiger partial charge < -0.3 is 0 Å². The van der Waals surface area contributed by atoms with E-state index in [9.17, 15) is 0 Å². The van der Waals surface area contributed by atoms with Crippen LogP contribution >= 0.6 is 0 Å². The fourth-order valence-corrected chi connectivity index (χ4v) is 0.630. The van der Waals surface area contributed by atoms with Gasteiger partial charge in [0.25, 0.3) is 0 Å². The molecule has 1 radical (unpaired) electrons. The van der Waals surface area contributed by atoms with Crippen LogP contribution in [-0.2, 0) is 0 Å². The molecule has 0 spiro atoms. The highest BCUT2D eigenvalue weighted by molar-refractivity contribution is 4.40. The monoisotopic (exact) mass is 115 g/mol. The topological polar surface area (TPSA) is 40.1 Å². The van der Waals surface area contributed by atoms with Crippen LogP contribution in [0, 0.1) is 0 Å². The van der Waals surface area contributed by atoms with Gasteiger partial charge in [-0.1, -0.05) is 26.2 Å². The number of unbranched alkanes of at least 4 members (excludes halogenated alkanes) is 3. The molecule has 0 amide bonds. The predicted octanol–water partition coefficient (Wildman–Crippen LogP) is 1.04. The highest BCUT2D eigenvalue weighted by Gasteiger charge is 1.83. The van der Waals surface area contributed by atoms with Crippen LogP contribution in [-0.4, -0.2) is 6.54 Å². The van der Waals surface area contributed by atoms with Gasteiger partial charge >= 0.3 is 0 Å². The molecule has 2 nitrogen and oxygen atoms in total. The van der Waals surface area contributed by atoms with Gasteiger partial charge in [0.1, 0.15) is 0 Å². The molecule has 8 heavy (non-hydrogen) atoms. The molecule has 0 aliphatic rings. The third-order valence-electron chi connectivity index (χ3n) is 1.14. The molecule has 0 aliphatic carbocycles. The van der Waals surface area contributed by atoms with Gasteiger partial charge in [0.2, 0.25) is 0 Å². The summed E-state index contributed by atoms with van der Waals surface area (Å²) in [7, 11) is 0. The molecule has 0 fully saturated rings. The van der Waals surface area contributed by atoms with E-state index in [1.807, 2.05) is 0 Å². The molecular weight excluding hydrogens is 100 g/mol. The summed E-state index contributed by atoms with van der Waals surface area (Å²) in [4.78, 5) is 0. The van der Waals surface area contributed by atoms with E-state index in [1.54, 1.807) is 0 Å². The van der Waals surface area contributed by atoms with Crippen LogP contribution in [0.4, 0.5) is 0 Å². The Morgan fingerprint density at radius 2 is 2.00 bits per heavy atom. The molecule has 0 heterocycles. The van der Waals surface area contributed by atoms with E-state index in [0.717, 1.165) is 13.0 Å². The maximum Gasteiger partial charge on any atom is 0.0301 e. The standard InChI is InChI=1S/C6H15N2/c1-2-3-4-5-6-8-7/h2-7H2,1H3. The Kier molecular flexibility index (Phi) is 6.85. The van der Waals surface area contributed by atoms with E-state index in [4.69, 9.17) is 5.84 Å². The number of hydrogen-bond donors (Lipinski definition) is 1. The average Bonchev–Trinajstić information content (AvgIpc) is 1.81. The fourth-order valence-electron chi connectivity index (χ4n) is 0.630. The Labute approximate surface area is 51.4 Å². The third kappa shape index (κ3) is 5.92. The summed E-state index contributed by atoms with van der Waals surface area (Å²) in [5.41, 5.74) is 3.51. The van der Waals surface area contributed by atoms with Crippen LogP contribution in [0.3, 0.4) is 0 Å². The minimum absolute atomic E-state index is 0.833. The van der Waals surface area contributed by atoms with E-state index in [0.29, 0.717) is 0 Å². The fraction of sp³-hybridized carbons (Fsp3) is 1.00. The van der Waals surface area contributed by atoms with Crippen molar-refractivity contribution in [3.8, 4) is 0 Å². The zero-order chi connectivity index (χ0) is 6.24. The first-order valence-electron chi connectivity index (χ1n) is 3.28. The number of nitrogens with zero attached hydrogens (tertiary/aromatic N) is 1. The molecule has 0 aromatic heterocycles. The lowest BCUT2D eigenvalue weighted by atomic mass is 10.2. The molecule has 0 bridgehead atoms. The Bertz CT molecular complexity index is 31.5. The maximum absolute atomic E-state index is 4.94. The van der Waals surface area contributed by atoms with E-state index < -0.39 is 0 Å². The van der Waals surface area contributed by atoms with Crippen molar-refractivity contribution in [3.63, 3.8) is 0 Å². The molecule has 49 valence electrons. The molecule has 0 saturated heterocycles. The summed E-state index contributed by atoms with van der Waals surface area (Å²) < 4.78 is 0. The quantitative estimate of drug-likeness (QED) is 0.324. The summed E-state index contributed by atoms with van der Waals surface area (Å²) >= 11 is 0. The summed E-state index contributed by atoms with van der Waals surface area (Å²) in [5.74, 6) is 4.94. The second-order valence-electron chi connectivity index (χ2n) is 1.97. The molecule has 0 saturated carbocycles. The first kappa shape index (κ1) is 7.92. The van der Waals surface area contributed by atoms with E-state index in [-0.39, 0.29) is 0 Å².